The van der Waals surface area contributed by atoms with Crippen molar-refractivity contribution < 1.29 is 19.9 Å². The van der Waals surface area contributed by atoms with E-state index in [2.05, 4.69) is 15.5 Å². The third-order valence-corrected chi connectivity index (χ3v) is 4.30. The fraction of sp³-hybridized carbons (Fsp3) is 0.0667. The number of non-ortho nitro benzene ring substituents is 1. The van der Waals surface area contributed by atoms with Crippen LogP contribution in [0.2, 0.25) is 0 Å². The zero-order chi connectivity index (χ0) is 18.7. The molecule has 132 valence electrons. The minimum Gasteiger partial charge on any atom is -0.504 e. The molecule has 10 nitrogen and oxygen atoms in total. The number of thioether (sulfide) groups is 1. The largest absolute Gasteiger partial charge is 0.504 e. The van der Waals surface area contributed by atoms with Gasteiger partial charge in [-0.25, -0.2) is 0 Å². The summed E-state index contributed by atoms with van der Waals surface area (Å²) < 4.78 is 1.36. The summed E-state index contributed by atoms with van der Waals surface area (Å²) in [5.74, 6) is -0.978. The number of tetrazole rings is 1. The lowest BCUT2D eigenvalue weighted by Gasteiger charge is -2.05. The maximum absolute atomic E-state index is 12.2. The normalized spacial score (nSPS) is 10.6. The van der Waals surface area contributed by atoms with E-state index < -0.39 is 4.92 Å². The van der Waals surface area contributed by atoms with Crippen LogP contribution in [0.3, 0.4) is 0 Å². The van der Waals surface area contributed by atoms with Crippen molar-refractivity contribution in [2.24, 2.45) is 0 Å². The average Bonchev–Trinajstić information content (AvgIpc) is 3.10. The molecule has 0 unspecified atom stereocenters. The van der Waals surface area contributed by atoms with Gasteiger partial charge in [0.25, 0.3) is 5.69 Å². The molecule has 1 aromatic heterocycles. The molecule has 2 aromatic carbocycles. The van der Waals surface area contributed by atoms with E-state index >= 15 is 0 Å². The summed E-state index contributed by atoms with van der Waals surface area (Å²) in [4.78, 5) is 22.4. The molecule has 2 N–H and O–H groups in total. The number of phenolic OH excluding ortho intramolecular Hbond substituents is 2. The monoisotopic (exact) mass is 373 g/mol. The number of benzene rings is 2. The molecule has 0 aliphatic carbocycles. The molecule has 0 fully saturated rings. The zero-order valence-electron chi connectivity index (χ0n) is 13.0. The van der Waals surface area contributed by atoms with E-state index in [1.54, 1.807) is 0 Å². The Hall–Kier alpha value is -3.47. The SMILES string of the molecule is O=C(CSc1nnnn1-c1ccc([N+](=O)[O-])cc1)c1ccc(O)c(O)c1. The molecule has 11 heteroatoms. The van der Waals surface area contributed by atoms with Gasteiger partial charge < -0.3 is 10.2 Å². The fourth-order valence-electron chi connectivity index (χ4n) is 2.06. The summed E-state index contributed by atoms with van der Waals surface area (Å²) in [6.07, 6.45) is 0. The predicted octanol–water partition coefficient (Wildman–Crippen LogP) is 1.96. The van der Waals surface area contributed by atoms with Gasteiger partial charge in [0.15, 0.2) is 17.3 Å². The first-order valence-corrected chi connectivity index (χ1v) is 8.15. The van der Waals surface area contributed by atoms with Gasteiger partial charge in [-0.05, 0) is 40.8 Å². The molecule has 0 amide bonds. The Morgan fingerprint density at radius 1 is 1.15 bits per heavy atom. The number of aromatic nitrogens is 4. The molecule has 0 spiro atoms. The standard InChI is InChI=1S/C15H11N5O5S/c21-12-6-1-9(7-13(12)22)14(23)8-26-15-16-17-18-19(15)10-2-4-11(5-3-10)20(24)25/h1-7,21-22H,8H2. The van der Waals surface area contributed by atoms with Crippen LogP contribution in [0.25, 0.3) is 5.69 Å². The summed E-state index contributed by atoms with van der Waals surface area (Å²) in [6, 6.07) is 9.46. The van der Waals surface area contributed by atoms with Crippen LogP contribution in [0.5, 0.6) is 11.5 Å². The molecule has 0 bridgehead atoms. The van der Waals surface area contributed by atoms with Crippen LogP contribution in [-0.2, 0) is 0 Å². The quantitative estimate of drug-likeness (QED) is 0.218. The van der Waals surface area contributed by atoms with Crippen LogP contribution in [0.4, 0.5) is 5.69 Å². The first kappa shape index (κ1) is 17.4. The number of rotatable bonds is 6. The summed E-state index contributed by atoms with van der Waals surface area (Å²) >= 11 is 1.07. The van der Waals surface area contributed by atoms with Crippen molar-refractivity contribution in [2.45, 2.75) is 5.16 Å². The Bertz CT molecular complexity index is 973. The van der Waals surface area contributed by atoms with E-state index in [0.717, 1.165) is 11.8 Å². The minimum atomic E-state index is -0.509. The Balaban J connectivity index is 1.73. The number of ketones is 1. The topological polar surface area (TPSA) is 144 Å². The summed E-state index contributed by atoms with van der Waals surface area (Å²) in [6.45, 7) is 0. The lowest BCUT2D eigenvalue weighted by Crippen LogP contribution is -2.05. The number of hydrogen-bond acceptors (Lipinski definition) is 9. The molecule has 0 aliphatic rings. The van der Waals surface area contributed by atoms with Crippen molar-refractivity contribution in [3.63, 3.8) is 0 Å². The molecule has 0 aliphatic heterocycles. The fourth-order valence-corrected chi connectivity index (χ4v) is 2.84. The molecule has 0 atom stereocenters. The molecule has 3 rings (SSSR count). The maximum atomic E-state index is 12.2. The predicted molar refractivity (Wildman–Crippen MR) is 90.6 cm³/mol. The number of nitro groups is 1. The molecule has 0 saturated heterocycles. The number of hydrogen-bond donors (Lipinski definition) is 2. The number of nitrogens with zero attached hydrogens (tertiary/aromatic N) is 5. The second kappa shape index (κ2) is 7.19. The number of nitro benzene ring substituents is 1. The third kappa shape index (κ3) is 3.62. The lowest BCUT2D eigenvalue weighted by molar-refractivity contribution is -0.384. The average molecular weight is 373 g/mol. The van der Waals surface area contributed by atoms with Crippen LogP contribution < -0.4 is 0 Å². The molecule has 0 radical (unpaired) electrons. The summed E-state index contributed by atoms with van der Waals surface area (Å²) in [5, 5.41) is 41.0. The van der Waals surface area contributed by atoms with Gasteiger partial charge in [0.1, 0.15) is 0 Å². The number of Topliss-reactive ketones (excluding diaryl/α,β-unsaturated/α-hetero) is 1. The van der Waals surface area contributed by atoms with Gasteiger partial charge in [0.2, 0.25) is 5.16 Å². The molecule has 3 aromatic rings. The Morgan fingerprint density at radius 2 is 1.88 bits per heavy atom. The summed E-state index contributed by atoms with van der Waals surface area (Å²) in [5.41, 5.74) is 0.693. The van der Waals surface area contributed by atoms with Gasteiger partial charge in [0, 0.05) is 17.7 Å². The van der Waals surface area contributed by atoms with E-state index in [1.807, 2.05) is 0 Å². The van der Waals surface area contributed by atoms with E-state index in [1.165, 1.54) is 47.1 Å². The van der Waals surface area contributed by atoms with E-state index in [0.29, 0.717) is 10.8 Å². The number of aromatic hydroxyl groups is 2. The Kier molecular flexibility index (Phi) is 4.80. The number of carbonyl (C=O) groups is 1. The van der Waals surface area contributed by atoms with Crippen LogP contribution in [0.15, 0.2) is 47.6 Å². The van der Waals surface area contributed by atoms with Gasteiger partial charge in [-0.15, -0.1) is 5.10 Å². The molecular formula is C15H11N5O5S. The van der Waals surface area contributed by atoms with Gasteiger partial charge in [-0.1, -0.05) is 11.8 Å². The van der Waals surface area contributed by atoms with Crippen molar-refractivity contribution in [3.8, 4) is 17.2 Å². The van der Waals surface area contributed by atoms with Crippen molar-refractivity contribution in [3.05, 3.63) is 58.1 Å². The highest BCUT2D eigenvalue weighted by Gasteiger charge is 2.15. The van der Waals surface area contributed by atoms with Crippen molar-refractivity contribution in [1.29, 1.82) is 0 Å². The van der Waals surface area contributed by atoms with Crippen LogP contribution in [0, 0.1) is 10.1 Å². The highest BCUT2D eigenvalue weighted by Crippen LogP contribution is 2.26. The molecule has 1 heterocycles. The third-order valence-electron chi connectivity index (χ3n) is 3.38. The first-order valence-electron chi connectivity index (χ1n) is 7.17. The second-order valence-corrected chi connectivity index (χ2v) is 6.00. The molecule has 0 saturated carbocycles. The highest BCUT2D eigenvalue weighted by atomic mass is 32.2. The smallest absolute Gasteiger partial charge is 0.269 e. The number of phenols is 2. The van der Waals surface area contributed by atoms with E-state index in [9.17, 15) is 25.1 Å². The Morgan fingerprint density at radius 3 is 2.54 bits per heavy atom. The molecule has 26 heavy (non-hydrogen) atoms. The van der Waals surface area contributed by atoms with Crippen LogP contribution in [0.1, 0.15) is 10.4 Å². The second-order valence-electron chi connectivity index (χ2n) is 5.06. The zero-order valence-corrected chi connectivity index (χ0v) is 13.8. The van der Waals surface area contributed by atoms with E-state index in [4.69, 9.17) is 0 Å². The molecular weight excluding hydrogens is 362 g/mol. The van der Waals surface area contributed by atoms with E-state index in [-0.39, 0.29) is 34.3 Å². The van der Waals surface area contributed by atoms with Gasteiger partial charge in [-0.3, -0.25) is 14.9 Å². The first-order chi connectivity index (χ1) is 12.5. The van der Waals surface area contributed by atoms with Crippen molar-refractivity contribution in [1.82, 2.24) is 20.2 Å². The van der Waals surface area contributed by atoms with Crippen molar-refractivity contribution in [2.75, 3.05) is 5.75 Å². The van der Waals surface area contributed by atoms with Crippen LogP contribution >= 0.6 is 11.8 Å². The van der Waals surface area contributed by atoms with Crippen LogP contribution in [-0.4, -0.2) is 46.9 Å². The maximum Gasteiger partial charge on any atom is 0.269 e. The Labute approximate surface area is 150 Å². The highest BCUT2D eigenvalue weighted by molar-refractivity contribution is 7.99. The number of carbonyl (C=O) groups excluding carboxylic acids is 1. The lowest BCUT2D eigenvalue weighted by atomic mass is 10.1. The van der Waals surface area contributed by atoms with Gasteiger partial charge in [-0.2, -0.15) is 4.68 Å². The van der Waals surface area contributed by atoms with Crippen molar-refractivity contribution >= 4 is 23.2 Å². The van der Waals surface area contributed by atoms with Gasteiger partial charge in [0.05, 0.1) is 16.4 Å². The van der Waals surface area contributed by atoms with Gasteiger partial charge >= 0.3 is 0 Å². The summed E-state index contributed by atoms with van der Waals surface area (Å²) in [7, 11) is 0. The minimum absolute atomic E-state index is 0.00241.